The molecular formula is C15H13F4NO6. The van der Waals surface area contributed by atoms with Crippen LogP contribution in [0.4, 0.5) is 23.2 Å². The maximum atomic E-state index is 13.6. The van der Waals surface area contributed by atoms with Crippen molar-refractivity contribution in [3.8, 4) is 5.75 Å². The molecule has 11 heteroatoms. The first-order chi connectivity index (χ1) is 12.1. The van der Waals surface area contributed by atoms with Gasteiger partial charge in [-0.1, -0.05) is 0 Å². The van der Waals surface area contributed by atoms with Crippen LogP contribution in [-0.2, 0) is 30.0 Å². The second kappa shape index (κ2) is 7.20. The second-order valence-electron chi connectivity index (χ2n) is 5.00. The highest BCUT2D eigenvalue weighted by Gasteiger charge is 2.41. The van der Waals surface area contributed by atoms with E-state index in [1.807, 2.05) is 0 Å². The molecule has 1 heterocycles. The van der Waals surface area contributed by atoms with Crippen molar-refractivity contribution in [3.05, 3.63) is 34.8 Å². The van der Waals surface area contributed by atoms with E-state index in [1.165, 1.54) is 0 Å². The van der Waals surface area contributed by atoms with Crippen LogP contribution in [-0.4, -0.2) is 44.6 Å². The van der Waals surface area contributed by atoms with Crippen molar-refractivity contribution in [2.24, 2.45) is 0 Å². The van der Waals surface area contributed by atoms with Gasteiger partial charge < -0.3 is 24.2 Å². The molecule has 0 fully saturated rings. The standard InChI is InChI=1S/C15H13F4NO6/c1-24-13(22)7-5-26-6-20(11(7)14(23)25-2)9-4-3-8(16)10(12(9)21)15(17,18)19/h3-4,21H,5-6H2,1-2H3. The lowest BCUT2D eigenvalue weighted by molar-refractivity contribution is -0.141. The number of benzene rings is 1. The van der Waals surface area contributed by atoms with E-state index < -0.39 is 53.4 Å². The van der Waals surface area contributed by atoms with Gasteiger partial charge in [0, 0.05) is 0 Å². The fraction of sp³-hybridized carbons (Fsp3) is 0.333. The third-order valence-electron chi connectivity index (χ3n) is 3.51. The second-order valence-corrected chi connectivity index (χ2v) is 5.00. The average molecular weight is 379 g/mol. The van der Waals surface area contributed by atoms with Crippen LogP contribution in [0.1, 0.15) is 5.56 Å². The minimum Gasteiger partial charge on any atom is -0.505 e. The lowest BCUT2D eigenvalue weighted by Crippen LogP contribution is -2.39. The van der Waals surface area contributed by atoms with Crippen molar-refractivity contribution < 1.29 is 46.5 Å². The third-order valence-corrected chi connectivity index (χ3v) is 3.51. The van der Waals surface area contributed by atoms with Crippen molar-refractivity contribution in [1.82, 2.24) is 0 Å². The number of hydrogen-bond donors (Lipinski definition) is 1. The van der Waals surface area contributed by atoms with Crippen molar-refractivity contribution >= 4 is 17.6 Å². The molecule has 1 N–H and O–H groups in total. The number of anilines is 1. The molecule has 0 saturated carbocycles. The highest BCUT2D eigenvalue weighted by atomic mass is 19.4. The Hall–Kier alpha value is -2.82. The fourth-order valence-electron chi connectivity index (χ4n) is 2.38. The molecule has 0 amide bonds. The van der Waals surface area contributed by atoms with E-state index >= 15 is 0 Å². The van der Waals surface area contributed by atoms with Gasteiger partial charge in [-0.15, -0.1) is 0 Å². The monoisotopic (exact) mass is 379 g/mol. The maximum absolute atomic E-state index is 13.6. The number of methoxy groups -OCH3 is 2. The molecule has 0 unspecified atom stereocenters. The molecule has 0 radical (unpaired) electrons. The summed E-state index contributed by atoms with van der Waals surface area (Å²) in [6, 6.07) is 1.28. The van der Waals surface area contributed by atoms with E-state index in [0.29, 0.717) is 6.07 Å². The summed E-state index contributed by atoms with van der Waals surface area (Å²) in [6.07, 6.45) is -5.19. The summed E-state index contributed by atoms with van der Waals surface area (Å²) in [5.74, 6) is -5.22. The third kappa shape index (κ3) is 3.43. The molecule has 0 atom stereocenters. The predicted octanol–water partition coefficient (Wildman–Crippen LogP) is 1.94. The summed E-state index contributed by atoms with van der Waals surface area (Å²) in [6.45, 7) is -0.872. The van der Waals surface area contributed by atoms with E-state index in [9.17, 15) is 32.3 Å². The Morgan fingerprint density at radius 1 is 1.19 bits per heavy atom. The zero-order chi connectivity index (χ0) is 19.6. The van der Waals surface area contributed by atoms with Crippen LogP contribution in [0.15, 0.2) is 23.4 Å². The smallest absolute Gasteiger partial charge is 0.422 e. The Labute approximate surface area is 144 Å². The zero-order valence-electron chi connectivity index (χ0n) is 13.5. The van der Waals surface area contributed by atoms with Crippen LogP contribution in [0.2, 0.25) is 0 Å². The van der Waals surface area contributed by atoms with Gasteiger partial charge in [0.1, 0.15) is 23.8 Å². The number of esters is 2. The summed E-state index contributed by atoms with van der Waals surface area (Å²) in [5.41, 5.74) is -3.33. The van der Waals surface area contributed by atoms with Gasteiger partial charge in [0.05, 0.1) is 32.1 Å². The fourth-order valence-corrected chi connectivity index (χ4v) is 2.38. The maximum Gasteiger partial charge on any atom is 0.422 e. The number of ether oxygens (including phenoxy) is 3. The molecule has 0 aromatic heterocycles. The molecule has 1 aromatic rings. The van der Waals surface area contributed by atoms with Gasteiger partial charge in [0.25, 0.3) is 0 Å². The van der Waals surface area contributed by atoms with E-state index in [4.69, 9.17) is 4.74 Å². The number of phenolic OH excluding ortho intramolecular Hbond substituents is 1. The number of aromatic hydroxyl groups is 1. The van der Waals surface area contributed by atoms with E-state index in [-0.39, 0.29) is 12.2 Å². The SMILES string of the molecule is COC(=O)C1=C(C(=O)OC)N(c2ccc(F)c(C(F)(F)F)c2O)COC1. The van der Waals surface area contributed by atoms with Gasteiger partial charge in [-0.05, 0) is 12.1 Å². The van der Waals surface area contributed by atoms with Gasteiger partial charge in [-0.25, -0.2) is 14.0 Å². The lowest BCUT2D eigenvalue weighted by atomic mass is 10.1. The van der Waals surface area contributed by atoms with Crippen LogP contribution in [0, 0.1) is 5.82 Å². The highest BCUT2D eigenvalue weighted by molar-refractivity contribution is 6.03. The Bertz CT molecular complexity index is 774. The number of hydrogen-bond acceptors (Lipinski definition) is 7. The van der Waals surface area contributed by atoms with Crippen LogP contribution in [0.25, 0.3) is 0 Å². The molecule has 0 saturated heterocycles. The summed E-state index contributed by atoms with van der Waals surface area (Å²) >= 11 is 0. The average Bonchev–Trinajstić information content (AvgIpc) is 2.58. The molecule has 1 aliphatic rings. The van der Waals surface area contributed by atoms with Crippen LogP contribution >= 0.6 is 0 Å². The van der Waals surface area contributed by atoms with E-state index in [1.54, 1.807) is 0 Å². The van der Waals surface area contributed by atoms with Gasteiger partial charge >= 0.3 is 18.1 Å². The molecule has 0 spiro atoms. The normalized spacial score (nSPS) is 15.1. The summed E-state index contributed by atoms with van der Waals surface area (Å²) < 4.78 is 66.7. The zero-order valence-corrected chi connectivity index (χ0v) is 13.5. The number of rotatable bonds is 3. The van der Waals surface area contributed by atoms with Gasteiger partial charge in [-0.3, -0.25) is 0 Å². The highest BCUT2D eigenvalue weighted by Crippen LogP contribution is 2.44. The lowest BCUT2D eigenvalue weighted by Gasteiger charge is -2.32. The number of phenols is 1. The van der Waals surface area contributed by atoms with Gasteiger partial charge in [0.15, 0.2) is 5.75 Å². The number of carbonyl (C=O) groups excluding carboxylic acids is 2. The van der Waals surface area contributed by atoms with Crippen molar-refractivity contribution in [1.29, 1.82) is 0 Å². The van der Waals surface area contributed by atoms with Crippen LogP contribution < -0.4 is 4.90 Å². The molecule has 0 bridgehead atoms. The van der Waals surface area contributed by atoms with Crippen LogP contribution in [0.3, 0.4) is 0 Å². The largest absolute Gasteiger partial charge is 0.505 e. The van der Waals surface area contributed by atoms with Crippen molar-refractivity contribution in [2.75, 3.05) is 32.5 Å². The number of alkyl halides is 3. The Balaban J connectivity index is 2.70. The quantitative estimate of drug-likeness (QED) is 0.635. The summed E-state index contributed by atoms with van der Waals surface area (Å²) in [5, 5.41) is 9.96. The minimum atomic E-state index is -5.19. The molecule has 26 heavy (non-hydrogen) atoms. The Kier molecular flexibility index (Phi) is 5.40. The van der Waals surface area contributed by atoms with Crippen molar-refractivity contribution in [3.63, 3.8) is 0 Å². The van der Waals surface area contributed by atoms with E-state index in [0.717, 1.165) is 25.2 Å². The van der Waals surface area contributed by atoms with E-state index in [2.05, 4.69) is 9.47 Å². The predicted molar refractivity (Wildman–Crippen MR) is 77.4 cm³/mol. The number of carbonyl (C=O) groups is 2. The molecular weight excluding hydrogens is 366 g/mol. The number of nitrogens with zero attached hydrogens (tertiary/aromatic N) is 1. The molecule has 0 aliphatic carbocycles. The first-order valence-electron chi connectivity index (χ1n) is 6.97. The van der Waals surface area contributed by atoms with Gasteiger partial charge in [0.2, 0.25) is 0 Å². The minimum absolute atomic E-state index is 0.331. The summed E-state index contributed by atoms with van der Waals surface area (Å²) in [4.78, 5) is 24.7. The molecule has 1 aromatic carbocycles. The molecule has 142 valence electrons. The summed E-state index contributed by atoms with van der Waals surface area (Å²) in [7, 11) is 2.02. The van der Waals surface area contributed by atoms with Gasteiger partial charge in [-0.2, -0.15) is 13.2 Å². The number of halogens is 4. The van der Waals surface area contributed by atoms with Crippen molar-refractivity contribution in [2.45, 2.75) is 6.18 Å². The topological polar surface area (TPSA) is 85.3 Å². The molecule has 2 rings (SSSR count). The van der Waals surface area contributed by atoms with Crippen LogP contribution in [0.5, 0.6) is 5.75 Å². The Morgan fingerprint density at radius 2 is 1.81 bits per heavy atom. The Morgan fingerprint density at radius 3 is 2.35 bits per heavy atom. The molecule has 7 nitrogen and oxygen atoms in total. The molecule has 1 aliphatic heterocycles. The first-order valence-corrected chi connectivity index (χ1v) is 6.97. The first kappa shape index (κ1) is 19.5.